The average molecular weight is 435 g/mol. The summed E-state index contributed by atoms with van der Waals surface area (Å²) in [5.41, 5.74) is 2.04. The van der Waals surface area contributed by atoms with Crippen molar-refractivity contribution in [3.05, 3.63) is 66.2 Å². The first-order valence-electron chi connectivity index (χ1n) is 11.3. The molecule has 2 aromatic rings. The van der Waals surface area contributed by atoms with Crippen LogP contribution in [-0.4, -0.2) is 71.8 Å². The summed E-state index contributed by atoms with van der Waals surface area (Å²) in [6, 6.07) is 19.3. The summed E-state index contributed by atoms with van der Waals surface area (Å²) in [4.78, 5) is 42.7. The van der Waals surface area contributed by atoms with Gasteiger partial charge in [-0.05, 0) is 42.9 Å². The molecule has 0 radical (unpaired) electrons. The predicted molar refractivity (Wildman–Crippen MR) is 123 cm³/mol. The van der Waals surface area contributed by atoms with Gasteiger partial charge in [0.15, 0.2) is 0 Å². The normalized spacial score (nSPS) is 17.4. The van der Waals surface area contributed by atoms with Crippen LogP contribution >= 0.6 is 0 Å². The lowest BCUT2D eigenvalue weighted by molar-refractivity contribution is -0.143. The molecule has 0 bridgehead atoms. The highest BCUT2D eigenvalue weighted by atomic mass is 16.2. The number of urea groups is 1. The third kappa shape index (κ3) is 5.66. The van der Waals surface area contributed by atoms with Crippen molar-refractivity contribution in [2.24, 2.45) is 5.92 Å². The van der Waals surface area contributed by atoms with Crippen LogP contribution in [0.25, 0.3) is 0 Å². The summed E-state index contributed by atoms with van der Waals surface area (Å²) < 4.78 is 0. The van der Waals surface area contributed by atoms with E-state index >= 15 is 0 Å². The molecule has 7 nitrogen and oxygen atoms in total. The highest BCUT2D eigenvalue weighted by Gasteiger charge is 2.30. The molecule has 0 atom stereocenters. The van der Waals surface area contributed by atoms with Gasteiger partial charge in [0.05, 0.1) is 6.54 Å². The smallest absolute Gasteiger partial charge is 0.322 e. The first-order valence-corrected chi connectivity index (χ1v) is 11.3. The number of rotatable bonds is 5. The number of hydrogen-bond acceptors (Lipinski definition) is 3. The molecule has 2 heterocycles. The highest BCUT2D eigenvalue weighted by molar-refractivity contribution is 5.94. The van der Waals surface area contributed by atoms with E-state index in [4.69, 9.17) is 0 Å². The highest BCUT2D eigenvalue weighted by Crippen LogP contribution is 2.22. The maximum atomic E-state index is 12.8. The first-order chi connectivity index (χ1) is 15.6. The minimum absolute atomic E-state index is 0.00121. The quantitative estimate of drug-likeness (QED) is 0.787. The molecule has 0 saturated carbocycles. The molecule has 1 N–H and O–H groups in total. The maximum absolute atomic E-state index is 12.8. The summed E-state index contributed by atoms with van der Waals surface area (Å²) in [6.45, 7) is 2.35. The molecule has 168 valence electrons. The number of likely N-dealkylation sites (tertiary alicyclic amines) is 1. The third-order valence-electron chi connectivity index (χ3n) is 6.29. The van der Waals surface area contributed by atoms with E-state index in [1.54, 1.807) is 17.0 Å². The van der Waals surface area contributed by atoms with Gasteiger partial charge in [0.2, 0.25) is 11.8 Å². The molecular formula is C25H30N4O3. The molecule has 4 amide bonds. The van der Waals surface area contributed by atoms with Crippen molar-refractivity contribution in [3.8, 4) is 0 Å². The second-order valence-corrected chi connectivity index (χ2v) is 8.55. The number of benzene rings is 2. The maximum Gasteiger partial charge on any atom is 0.322 e. The van der Waals surface area contributed by atoms with E-state index in [0.717, 1.165) is 32.4 Å². The number of nitrogens with one attached hydrogen (secondary N) is 1. The third-order valence-corrected chi connectivity index (χ3v) is 6.29. The Labute approximate surface area is 189 Å². The number of amides is 4. The summed E-state index contributed by atoms with van der Waals surface area (Å²) in [6.07, 6.45) is 3.03. The van der Waals surface area contributed by atoms with Crippen LogP contribution in [0, 0.1) is 5.92 Å². The van der Waals surface area contributed by atoms with Crippen LogP contribution in [-0.2, 0) is 16.0 Å². The van der Waals surface area contributed by atoms with Gasteiger partial charge >= 0.3 is 6.03 Å². The Hall–Kier alpha value is -3.35. The van der Waals surface area contributed by atoms with Crippen LogP contribution in [0.1, 0.15) is 18.4 Å². The fourth-order valence-corrected chi connectivity index (χ4v) is 4.37. The Morgan fingerprint density at radius 1 is 0.844 bits per heavy atom. The van der Waals surface area contributed by atoms with E-state index in [1.807, 2.05) is 29.2 Å². The summed E-state index contributed by atoms with van der Waals surface area (Å²) in [5.74, 6) is 0.403. The lowest BCUT2D eigenvalue weighted by Crippen LogP contribution is -2.55. The van der Waals surface area contributed by atoms with Crippen molar-refractivity contribution in [2.45, 2.75) is 19.3 Å². The van der Waals surface area contributed by atoms with Crippen LogP contribution in [0.5, 0.6) is 0 Å². The molecule has 32 heavy (non-hydrogen) atoms. The van der Waals surface area contributed by atoms with E-state index in [2.05, 4.69) is 29.6 Å². The van der Waals surface area contributed by atoms with Gasteiger partial charge in [0, 0.05) is 31.9 Å². The molecule has 7 heteroatoms. The minimum Gasteiger partial charge on any atom is -0.341 e. The van der Waals surface area contributed by atoms with E-state index in [-0.39, 0.29) is 30.9 Å². The number of para-hydroxylation sites is 1. The van der Waals surface area contributed by atoms with Crippen LogP contribution in [0.15, 0.2) is 60.7 Å². The molecule has 0 spiro atoms. The zero-order chi connectivity index (χ0) is 22.3. The van der Waals surface area contributed by atoms with Gasteiger partial charge in [-0.2, -0.15) is 0 Å². The van der Waals surface area contributed by atoms with Crippen molar-refractivity contribution >= 4 is 23.5 Å². The van der Waals surface area contributed by atoms with Crippen LogP contribution in [0.3, 0.4) is 0 Å². The fourth-order valence-electron chi connectivity index (χ4n) is 4.37. The van der Waals surface area contributed by atoms with Crippen molar-refractivity contribution in [1.29, 1.82) is 0 Å². The van der Waals surface area contributed by atoms with Gasteiger partial charge in [-0.3, -0.25) is 9.59 Å². The van der Waals surface area contributed by atoms with Gasteiger partial charge in [0.1, 0.15) is 6.54 Å². The summed E-state index contributed by atoms with van der Waals surface area (Å²) in [5, 5.41) is 2.80. The Balaban J connectivity index is 1.21. The largest absolute Gasteiger partial charge is 0.341 e. The monoisotopic (exact) mass is 434 g/mol. The van der Waals surface area contributed by atoms with Crippen LogP contribution in [0.2, 0.25) is 0 Å². The number of anilines is 1. The fraction of sp³-hybridized carbons (Fsp3) is 0.400. The van der Waals surface area contributed by atoms with Gasteiger partial charge in [-0.1, -0.05) is 48.5 Å². The van der Waals surface area contributed by atoms with Crippen LogP contribution in [0.4, 0.5) is 10.5 Å². The van der Waals surface area contributed by atoms with Crippen molar-refractivity contribution in [3.63, 3.8) is 0 Å². The lowest BCUT2D eigenvalue weighted by atomic mass is 9.90. The molecule has 4 rings (SSSR count). The summed E-state index contributed by atoms with van der Waals surface area (Å²) in [7, 11) is 0. The van der Waals surface area contributed by atoms with Gasteiger partial charge in [0.25, 0.3) is 0 Å². The number of nitrogens with zero attached hydrogens (tertiary/aromatic N) is 3. The molecule has 0 aromatic heterocycles. The molecular weight excluding hydrogens is 404 g/mol. The van der Waals surface area contributed by atoms with E-state index < -0.39 is 0 Å². The topological polar surface area (TPSA) is 73.0 Å². The minimum atomic E-state index is -0.295. The Morgan fingerprint density at radius 2 is 1.50 bits per heavy atom. The molecule has 2 fully saturated rings. The molecule has 2 aliphatic rings. The second-order valence-electron chi connectivity index (χ2n) is 8.55. The molecule has 0 aliphatic carbocycles. The van der Waals surface area contributed by atoms with Gasteiger partial charge in [-0.25, -0.2) is 4.79 Å². The molecule has 2 aromatic carbocycles. The zero-order valence-corrected chi connectivity index (χ0v) is 18.3. The van der Waals surface area contributed by atoms with Crippen molar-refractivity contribution < 1.29 is 14.4 Å². The molecule has 2 aliphatic heterocycles. The second kappa shape index (κ2) is 10.3. The Morgan fingerprint density at radius 3 is 2.16 bits per heavy atom. The van der Waals surface area contributed by atoms with E-state index in [1.165, 1.54) is 10.5 Å². The van der Waals surface area contributed by atoms with E-state index in [0.29, 0.717) is 24.7 Å². The molecule has 2 saturated heterocycles. The number of piperidine rings is 1. The average Bonchev–Trinajstić information content (AvgIpc) is 2.82. The predicted octanol–water partition coefficient (Wildman–Crippen LogP) is 2.84. The first kappa shape index (κ1) is 21.9. The van der Waals surface area contributed by atoms with Gasteiger partial charge in [-0.15, -0.1) is 0 Å². The number of hydrogen-bond donors (Lipinski definition) is 1. The molecule has 0 unspecified atom stereocenters. The van der Waals surface area contributed by atoms with Gasteiger partial charge < -0.3 is 20.0 Å². The zero-order valence-electron chi connectivity index (χ0n) is 18.3. The van der Waals surface area contributed by atoms with Crippen molar-refractivity contribution in [2.75, 3.05) is 44.6 Å². The standard InChI is InChI=1S/C25H30N4O3/c30-23(27-13-11-21(12-14-27)17-20-7-3-1-4-8-20)18-28-15-16-29(19-24(28)31)25(32)26-22-9-5-2-6-10-22/h1-10,21H,11-19H2,(H,26,32). The number of carbonyl (C=O) groups excluding carboxylic acids is 3. The van der Waals surface area contributed by atoms with Crippen LogP contribution < -0.4 is 5.32 Å². The Bertz CT molecular complexity index is 927. The van der Waals surface area contributed by atoms with Crippen molar-refractivity contribution in [1.82, 2.24) is 14.7 Å². The SMILES string of the molecule is O=C(CN1CCN(C(=O)Nc2ccccc2)CC1=O)N1CCC(Cc2ccccc2)CC1. The summed E-state index contributed by atoms with van der Waals surface area (Å²) >= 11 is 0. The van der Waals surface area contributed by atoms with E-state index in [9.17, 15) is 14.4 Å². The lowest BCUT2D eigenvalue weighted by Gasteiger charge is -2.36. The Kier molecular flexibility index (Phi) is 7.04. The number of carbonyl (C=O) groups is 3. The number of piperazine rings is 1.